The van der Waals surface area contributed by atoms with E-state index >= 15 is 0 Å². The number of carbonyl (C=O) groups excluding carboxylic acids is 2. The van der Waals surface area contributed by atoms with E-state index in [-0.39, 0.29) is 11.8 Å². The zero-order valence-corrected chi connectivity index (χ0v) is 14.4. The van der Waals surface area contributed by atoms with Gasteiger partial charge in [0.1, 0.15) is 0 Å². The van der Waals surface area contributed by atoms with Crippen LogP contribution in [0.15, 0.2) is 48.5 Å². The van der Waals surface area contributed by atoms with Gasteiger partial charge in [-0.25, -0.2) is 0 Å². The molecule has 4 nitrogen and oxygen atoms in total. The molecular weight excluding hydrogens is 320 g/mol. The molecule has 2 aromatic carbocycles. The first kappa shape index (κ1) is 16.2. The lowest BCUT2D eigenvalue weighted by molar-refractivity contribution is -0.119. The Kier molecular flexibility index (Phi) is 4.62. The Morgan fingerprint density at radius 3 is 2.42 bits per heavy atom. The van der Waals surface area contributed by atoms with Gasteiger partial charge in [0.2, 0.25) is 5.91 Å². The summed E-state index contributed by atoms with van der Waals surface area (Å²) in [4.78, 5) is 24.6. The summed E-state index contributed by atoms with van der Waals surface area (Å²) >= 11 is 1.50. The maximum Gasteiger partial charge on any atom is 0.266 e. The van der Waals surface area contributed by atoms with E-state index < -0.39 is 0 Å². The van der Waals surface area contributed by atoms with Crippen LogP contribution in [-0.2, 0) is 11.2 Å². The second kappa shape index (κ2) is 6.84. The molecule has 0 spiro atoms. The maximum atomic E-state index is 12.5. The molecule has 5 heteroatoms. The number of amides is 2. The Balaban J connectivity index is 1.76. The summed E-state index contributed by atoms with van der Waals surface area (Å²) < 4.78 is 1.11. The topological polar surface area (TPSA) is 58.2 Å². The number of anilines is 1. The van der Waals surface area contributed by atoms with Gasteiger partial charge in [-0.2, -0.15) is 0 Å². The molecule has 1 heterocycles. The quantitative estimate of drug-likeness (QED) is 0.761. The van der Waals surface area contributed by atoms with E-state index in [1.165, 1.54) is 11.3 Å². The van der Waals surface area contributed by atoms with Crippen LogP contribution in [0.1, 0.15) is 20.8 Å². The lowest BCUT2D eigenvalue weighted by Gasteiger charge is -2.06. The smallest absolute Gasteiger partial charge is 0.266 e. The number of aryl methyl sites for hydroxylation is 1. The molecule has 0 saturated heterocycles. The van der Waals surface area contributed by atoms with Crippen molar-refractivity contribution >= 4 is 38.9 Å². The summed E-state index contributed by atoms with van der Waals surface area (Å²) in [5, 5.41) is 6.64. The van der Waals surface area contributed by atoms with Gasteiger partial charge in [-0.05, 0) is 41.6 Å². The average molecular weight is 338 g/mol. The molecule has 0 fully saturated rings. The molecule has 0 aliphatic heterocycles. The van der Waals surface area contributed by atoms with Crippen LogP contribution in [0.25, 0.3) is 10.1 Å². The summed E-state index contributed by atoms with van der Waals surface area (Å²) in [6.45, 7) is 1.97. The molecule has 0 unspecified atom stereocenters. The van der Waals surface area contributed by atoms with Gasteiger partial charge in [0, 0.05) is 17.4 Å². The van der Waals surface area contributed by atoms with Crippen molar-refractivity contribution in [3.63, 3.8) is 0 Å². The Morgan fingerprint density at radius 1 is 1.04 bits per heavy atom. The van der Waals surface area contributed by atoms with Crippen LogP contribution < -0.4 is 10.6 Å². The maximum absolute atomic E-state index is 12.5. The minimum Gasteiger partial charge on any atom is -0.359 e. The molecule has 0 saturated carbocycles. The highest BCUT2D eigenvalue weighted by atomic mass is 32.1. The van der Waals surface area contributed by atoms with Crippen LogP contribution in [-0.4, -0.2) is 18.9 Å². The largest absolute Gasteiger partial charge is 0.359 e. The highest BCUT2D eigenvalue weighted by Crippen LogP contribution is 2.31. The van der Waals surface area contributed by atoms with E-state index in [9.17, 15) is 9.59 Å². The molecule has 24 heavy (non-hydrogen) atoms. The number of hydrogen-bond acceptors (Lipinski definition) is 3. The second-order valence-electron chi connectivity index (χ2n) is 5.55. The average Bonchev–Trinajstić information content (AvgIpc) is 2.94. The molecule has 3 rings (SSSR count). The molecule has 1 aromatic heterocycles. The fourth-order valence-electron chi connectivity index (χ4n) is 2.56. The summed E-state index contributed by atoms with van der Waals surface area (Å²) in [6.07, 6.45) is 0.333. The molecule has 122 valence electrons. The predicted octanol–water partition coefficient (Wildman–Crippen LogP) is 3.75. The third kappa shape index (κ3) is 3.31. The lowest BCUT2D eigenvalue weighted by atomic mass is 10.1. The molecule has 0 radical (unpaired) electrons. The third-order valence-electron chi connectivity index (χ3n) is 3.91. The van der Waals surface area contributed by atoms with E-state index in [1.807, 2.05) is 55.5 Å². The lowest BCUT2D eigenvalue weighted by Crippen LogP contribution is -2.19. The Morgan fingerprint density at radius 2 is 1.75 bits per heavy atom. The summed E-state index contributed by atoms with van der Waals surface area (Å²) in [5.41, 5.74) is 2.63. The summed E-state index contributed by atoms with van der Waals surface area (Å²) in [5.74, 6) is -0.138. The number of benzene rings is 2. The minimum atomic E-state index is -0.104. The van der Waals surface area contributed by atoms with Crippen LogP contribution in [0.2, 0.25) is 0 Å². The summed E-state index contributed by atoms with van der Waals surface area (Å²) in [7, 11) is 1.62. The molecule has 0 atom stereocenters. The number of rotatable bonds is 4. The Hall–Kier alpha value is -2.66. The molecule has 0 aliphatic carbocycles. The van der Waals surface area contributed by atoms with E-state index in [4.69, 9.17) is 0 Å². The van der Waals surface area contributed by atoms with Gasteiger partial charge in [0.15, 0.2) is 0 Å². The molecular formula is C19H18N2O2S. The molecule has 0 aliphatic rings. The van der Waals surface area contributed by atoms with Crippen LogP contribution in [0.3, 0.4) is 0 Å². The first-order valence-electron chi connectivity index (χ1n) is 7.67. The van der Waals surface area contributed by atoms with E-state index in [2.05, 4.69) is 10.6 Å². The van der Waals surface area contributed by atoms with Gasteiger partial charge < -0.3 is 10.6 Å². The first-order valence-corrected chi connectivity index (χ1v) is 8.49. The van der Waals surface area contributed by atoms with Gasteiger partial charge >= 0.3 is 0 Å². The number of likely N-dealkylation sites (N-methyl/N-ethyl adjacent to an activating group) is 1. The van der Waals surface area contributed by atoms with Crippen LogP contribution in [0, 0.1) is 6.92 Å². The van der Waals surface area contributed by atoms with Gasteiger partial charge in [-0.1, -0.05) is 30.3 Å². The normalized spacial score (nSPS) is 10.6. The van der Waals surface area contributed by atoms with E-state index in [0.29, 0.717) is 6.42 Å². The molecule has 2 N–H and O–H groups in total. The molecule has 2 amide bonds. The Bertz CT molecular complexity index is 897. The van der Waals surface area contributed by atoms with Crippen molar-refractivity contribution < 1.29 is 9.59 Å². The van der Waals surface area contributed by atoms with Crippen molar-refractivity contribution in [2.24, 2.45) is 0 Å². The standard InChI is InChI=1S/C19H18N2O2S/c1-12-15-5-3-4-6-16(15)24-18(12)19(23)21-14-9-7-13(8-10-14)11-17(22)20-2/h3-10H,11H2,1-2H3,(H,20,22)(H,21,23). The number of carbonyl (C=O) groups is 2. The van der Waals surface area contributed by atoms with Gasteiger partial charge in [0.25, 0.3) is 5.91 Å². The van der Waals surface area contributed by atoms with Crippen molar-refractivity contribution in [1.29, 1.82) is 0 Å². The molecule has 3 aromatic rings. The SMILES string of the molecule is CNC(=O)Cc1ccc(NC(=O)c2sc3ccccc3c2C)cc1. The van der Waals surface area contributed by atoms with Gasteiger partial charge in [-0.15, -0.1) is 11.3 Å². The van der Waals surface area contributed by atoms with Crippen LogP contribution in [0.5, 0.6) is 0 Å². The van der Waals surface area contributed by atoms with Crippen molar-refractivity contribution in [2.45, 2.75) is 13.3 Å². The van der Waals surface area contributed by atoms with Gasteiger partial charge in [0.05, 0.1) is 11.3 Å². The van der Waals surface area contributed by atoms with Crippen LogP contribution >= 0.6 is 11.3 Å². The van der Waals surface area contributed by atoms with Crippen molar-refractivity contribution in [3.05, 3.63) is 64.5 Å². The van der Waals surface area contributed by atoms with E-state index in [0.717, 1.165) is 31.8 Å². The fraction of sp³-hybridized carbons (Fsp3) is 0.158. The minimum absolute atomic E-state index is 0.0346. The fourth-order valence-corrected chi connectivity index (χ4v) is 3.66. The number of fused-ring (bicyclic) bond motifs is 1. The van der Waals surface area contributed by atoms with Crippen molar-refractivity contribution in [3.8, 4) is 0 Å². The zero-order valence-electron chi connectivity index (χ0n) is 13.6. The second-order valence-corrected chi connectivity index (χ2v) is 6.61. The first-order chi connectivity index (χ1) is 11.6. The molecule has 0 bridgehead atoms. The number of hydrogen-bond donors (Lipinski definition) is 2. The zero-order chi connectivity index (χ0) is 17.1. The van der Waals surface area contributed by atoms with Gasteiger partial charge in [-0.3, -0.25) is 9.59 Å². The van der Waals surface area contributed by atoms with Crippen LogP contribution in [0.4, 0.5) is 5.69 Å². The van der Waals surface area contributed by atoms with Crippen molar-refractivity contribution in [2.75, 3.05) is 12.4 Å². The Labute approximate surface area is 144 Å². The van der Waals surface area contributed by atoms with E-state index in [1.54, 1.807) is 7.05 Å². The third-order valence-corrected chi connectivity index (χ3v) is 5.18. The summed E-state index contributed by atoms with van der Waals surface area (Å²) in [6, 6.07) is 15.4. The van der Waals surface area contributed by atoms with Crippen molar-refractivity contribution in [1.82, 2.24) is 5.32 Å². The highest BCUT2D eigenvalue weighted by Gasteiger charge is 2.15. The monoisotopic (exact) mass is 338 g/mol. The number of thiophene rings is 1. The highest BCUT2D eigenvalue weighted by molar-refractivity contribution is 7.21. The number of nitrogens with one attached hydrogen (secondary N) is 2. The predicted molar refractivity (Wildman–Crippen MR) is 98.7 cm³/mol.